The number of nitrogens with zero attached hydrogens (tertiary/aromatic N) is 5. The number of Topliss-reactive ketones (excluding diaryl/α,β-unsaturated/α-hetero) is 10. The summed E-state index contributed by atoms with van der Waals surface area (Å²) in [6.45, 7) is 6.80. The van der Waals surface area contributed by atoms with E-state index in [4.69, 9.17) is 140 Å². The molecule has 15 aromatic rings. The topological polar surface area (TPSA) is 428 Å². The zero-order valence-electron chi connectivity index (χ0n) is 78.3. The molecule has 10 aromatic carbocycles. The second kappa shape index (κ2) is 48.5. The molecule has 40 heteroatoms. The van der Waals surface area contributed by atoms with Crippen molar-refractivity contribution in [2.24, 2.45) is 35.2 Å². The van der Waals surface area contributed by atoms with Gasteiger partial charge in [-0.2, -0.15) is 0 Å². The van der Waals surface area contributed by atoms with Gasteiger partial charge < -0.3 is 96.0 Å². The molecule has 5 aromatic heterocycles. The highest BCUT2D eigenvalue weighted by atomic mass is 35.5. The standard InChI is InChI=1S/5C21H17Cl2NO5/c1-11(25)3-7-17(26)19-20(27)14-6-5-13(10-16(14)24(2)21(19)28)29-18-8-4-12(22)9-15(18)23;1-11(25)3-8-18(26)19-20(27)14-6-4-13(10-17(14)24(2)21(19)28)29-12-5-7-15(22)16(23)9-12;1-11(25)3-6-18(26)19-20(27)16-5-4-14(10-17(16)24(2)21(19)28)29-15-8-12(22)7-13(23)9-15;1-11(25)6-9-16(26)18-20(27)13-8-7-12(10-15(13)24(2)21(18)28)29-17-5-3-4-14(22)19(17)23;1-11(25)6-9-17(26)18-19(27)13-8-7-12(10-16(13)24(2)21(18)28)29-20-14(22)4-3-5-15(20)23/h4-6,8-10,27H,3,7H2,1-2H3;4-7,9-10,27H,3,8H2,1-2H3;4-5,7-10,27H,3,6H2,1-2H3;2*3-5,7-8,10,27H,6,9H2,1-2H3. The summed E-state index contributed by atoms with van der Waals surface area (Å²) in [7, 11) is 7.45. The Morgan fingerprint density at radius 2 is 0.510 bits per heavy atom. The number of pyridine rings is 5. The maximum Gasteiger partial charge on any atom is 0.265 e. The number of aromatic nitrogens is 5. The Morgan fingerprint density at radius 3 is 0.814 bits per heavy atom. The summed E-state index contributed by atoms with van der Waals surface area (Å²) >= 11 is 60.2. The van der Waals surface area contributed by atoms with Gasteiger partial charge in [0, 0.05) is 178 Å². The maximum absolute atomic E-state index is 12.7. The molecule has 0 aliphatic rings. The van der Waals surface area contributed by atoms with Crippen LogP contribution in [0.3, 0.4) is 0 Å². The van der Waals surface area contributed by atoms with Gasteiger partial charge in [-0.3, -0.25) is 47.9 Å². The van der Waals surface area contributed by atoms with E-state index in [0.29, 0.717) is 151 Å². The van der Waals surface area contributed by atoms with Crippen LogP contribution in [-0.2, 0) is 59.2 Å². The first-order valence-electron chi connectivity index (χ1n) is 43.5. The van der Waals surface area contributed by atoms with E-state index in [0.717, 1.165) is 0 Å². The Balaban J connectivity index is 0.000000173. The number of carbonyl (C=O) groups is 10. The number of hydrogen-bond acceptors (Lipinski definition) is 25. The zero-order valence-corrected chi connectivity index (χ0v) is 85.9. The molecule has 0 radical (unpaired) electrons. The number of rotatable bonds is 30. The Bertz CT molecular complexity index is 8150. The minimum Gasteiger partial charge on any atom is -0.506 e. The van der Waals surface area contributed by atoms with Gasteiger partial charge in [0.15, 0.2) is 34.7 Å². The van der Waals surface area contributed by atoms with Gasteiger partial charge in [-0.15, -0.1) is 0 Å². The summed E-state index contributed by atoms with van der Waals surface area (Å²) in [4.78, 5) is 181. The molecular formula is C105H85Cl10N5O25. The highest BCUT2D eigenvalue weighted by molar-refractivity contribution is 6.43. The molecule has 0 spiro atoms. The SMILES string of the molecule is CC(=O)CCC(=O)c1c(O)c2ccc(Oc3c(Cl)cccc3Cl)cc2n(C)c1=O.CC(=O)CCC(=O)c1c(O)c2ccc(Oc3cc(Cl)cc(Cl)c3)cc2n(C)c1=O.CC(=O)CCC(=O)c1c(O)c2ccc(Oc3ccc(Cl)c(Cl)c3)cc2n(C)c1=O.CC(=O)CCC(=O)c1c(O)c2ccc(Oc3ccc(Cl)cc3Cl)cc2n(C)c1=O.CC(=O)CCC(=O)c1c(O)c2ccc(Oc3cccc(Cl)c3Cl)cc2n(C)c1=O. The molecule has 15 rings (SSSR count). The molecule has 0 amide bonds. The lowest BCUT2D eigenvalue weighted by Crippen LogP contribution is -2.25. The predicted octanol–water partition coefficient (Wildman–Crippen LogP) is 24.5. The average Bonchev–Trinajstić information content (AvgIpc) is 0.778. The normalized spacial score (nSPS) is 10.9. The van der Waals surface area contributed by atoms with Gasteiger partial charge in [0.2, 0.25) is 0 Å². The third-order valence-corrected chi connectivity index (χ3v) is 25.3. The molecule has 0 aliphatic heterocycles. The largest absolute Gasteiger partial charge is 0.506 e. The van der Waals surface area contributed by atoms with E-state index < -0.39 is 85.5 Å². The van der Waals surface area contributed by atoms with Crippen molar-refractivity contribution in [1.29, 1.82) is 0 Å². The van der Waals surface area contributed by atoms with Crippen molar-refractivity contribution in [2.45, 2.75) is 98.8 Å². The number of hydrogen-bond donors (Lipinski definition) is 5. The maximum atomic E-state index is 12.7. The summed E-state index contributed by atoms with van der Waals surface area (Å²) < 4.78 is 35.1. The van der Waals surface area contributed by atoms with Crippen molar-refractivity contribution in [1.82, 2.24) is 22.8 Å². The summed E-state index contributed by atoms with van der Waals surface area (Å²) in [5, 5.41) is 57.9. The first kappa shape index (κ1) is 111. The molecular weight excluding hydrogens is 2090 g/mol. The van der Waals surface area contributed by atoms with Crippen LogP contribution in [0, 0.1) is 0 Å². The molecule has 0 aliphatic carbocycles. The molecule has 0 atom stereocenters. The van der Waals surface area contributed by atoms with Crippen LogP contribution in [0.1, 0.15) is 151 Å². The Hall–Kier alpha value is -14.2. The van der Waals surface area contributed by atoms with Crippen LogP contribution in [0.25, 0.3) is 54.5 Å². The van der Waals surface area contributed by atoms with Crippen LogP contribution in [-0.4, -0.2) is 106 Å². The van der Waals surface area contributed by atoms with E-state index in [9.17, 15) is 97.5 Å². The van der Waals surface area contributed by atoms with E-state index in [1.807, 2.05) is 0 Å². The van der Waals surface area contributed by atoms with Gasteiger partial charge in [-0.25, -0.2) is 0 Å². The molecule has 0 saturated carbocycles. The molecule has 0 fully saturated rings. The number of ketones is 10. The summed E-state index contributed by atoms with van der Waals surface area (Å²) in [6.07, 6.45) is -0.660. The van der Waals surface area contributed by atoms with Gasteiger partial charge in [0.05, 0.1) is 57.7 Å². The highest BCUT2D eigenvalue weighted by Gasteiger charge is 2.29. The smallest absolute Gasteiger partial charge is 0.265 e. The van der Waals surface area contributed by atoms with Crippen LogP contribution >= 0.6 is 116 Å². The van der Waals surface area contributed by atoms with Crippen LogP contribution in [0.15, 0.2) is 206 Å². The number of para-hydroxylation sites is 1. The molecule has 0 saturated heterocycles. The number of aromatic hydroxyl groups is 5. The van der Waals surface area contributed by atoms with Gasteiger partial charge in [-0.1, -0.05) is 128 Å². The third kappa shape index (κ3) is 26.7. The zero-order chi connectivity index (χ0) is 106. The van der Waals surface area contributed by atoms with E-state index in [-0.39, 0.29) is 132 Å². The van der Waals surface area contributed by atoms with Crippen LogP contribution in [0.2, 0.25) is 50.2 Å². The molecule has 145 heavy (non-hydrogen) atoms. The molecule has 5 heterocycles. The number of fused-ring (bicyclic) bond motifs is 5. The molecule has 750 valence electrons. The van der Waals surface area contributed by atoms with Crippen molar-refractivity contribution < 1.29 is 97.2 Å². The molecule has 0 unspecified atom stereocenters. The number of halogens is 10. The lowest BCUT2D eigenvalue weighted by molar-refractivity contribution is -0.117. The second-order valence-electron chi connectivity index (χ2n) is 32.8. The highest BCUT2D eigenvalue weighted by Crippen LogP contribution is 2.44. The Morgan fingerprint density at radius 1 is 0.241 bits per heavy atom. The summed E-state index contributed by atoms with van der Waals surface area (Å²) in [5.74, 6) is -2.06. The third-order valence-electron chi connectivity index (χ3n) is 22.2. The van der Waals surface area contributed by atoms with Crippen LogP contribution in [0.5, 0.6) is 86.2 Å². The van der Waals surface area contributed by atoms with E-state index >= 15 is 0 Å². The minimum absolute atomic E-state index is 0.00480. The van der Waals surface area contributed by atoms with Crippen LogP contribution in [0.4, 0.5) is 0 Å². The fraction of sp³-hybridized carbons (Fsp3) is 0.190. The van der Waals surface area contributed by atoms with Crippen molar-refractivity contribution in [3.05, 3.63) is 312 Å². The van der Waals surface area contributed by atoms with Gasteiger partial charge >= 0.3 is 0 Å². The van der Waals surface area contributed by atoms with Crippen LogP contribution < -0.4 is 51.5 Å². The quantitative estimate of drug-likeness (QED) is 0.0261. The van der Waals surface area contributed by atoms with Crippen molar-refractivity contribution in [3.63, 3.8) is 0 Å². The Labute approximate surface area is 873 Å². The fourth-order valence-electron chi connectivity index (χ4n) is 14.6. The summed E-state index contributed by atoms with van der Waals surface area (Å²) in [5.41, 5.74) is -3.01. The predicted molar refractivity (Wildman–Crippen MR) is 558 cm³/mol. The second-order valence-corrected chi connectivity index (χ2v) is 37.0. The first-order valence-corrected chi connectivity index (χ1v) is 47.3. The molecule has 5 N–H and O–H groups in total. The molecule has 30 nitrogen and oxygen atoms in total. The van der Waals surface area contributed by atoms with Crippen molar-refractivity contribution in [2.75, 3.05) is 0 Å². The first-order chi connectivity index (χ1) is 68.4. The Kier molecular flexibility index (Phi) is 37.2. The summed E-state index contributed by atoms with van der Waals surface area (Å²) in [6, 6.07) is 47.7. The number of carbonyl (C=O) groups excluding carboxylic acids is 10. The van der Waals surface area contributed by atoms with E-state index in [1.54, 1.807) is 176 Å². The molecule has 0 bridgehead atoms. The lowest BCUT2D eigenvalue weighted by Gasteiger charge is -2.14. The van der Waals surface area contributed by atoms with Crippen molar-refractivity contribution >= 4 is 228 Å². The average molecular weight is 2170 g/mol. The number of benzene rings is 10. The van der Waals surface area contributed by atoms with Gasteiger partial charge in [0.1, 0.15) is 142 Å². The van der Waals surface area contributed by atoms with E-state index in [2.05, 4.69) is 0 Å². The van der Waals surface area contributed by atoms with Gasteiger partial charge in [0.25, 0.3) is 27.8 Å². The minimum atomic E-state index is -0.656. The van der Waals surface area contributed by atoms with Gasteiger partial charge in [-0.05, 0) is 168 Å². The fourth-order valence-corrected chi connectivity index (χ4v) is 16.7. The van der Waals surface area contributed by atoms with Crippen molar-refractivity contribution in [3.8, 4) is 86.2 Å². The monoisotopic (exact) mass is 2170 g/mol. The number of aryl methyl sites for hydroxylation is 5. The van der Waals surface area contributed by atoms with E-state index in [1.165, 1.54) is 98.8 Å². The number of ether oxygens (including phenoxy) is 5. The lowest BCUT2D eigenvalue weighted by atomic mass is 10.0.